The summed E-state index contributed by atoms with van der Waals surface area (Å²) in [5.74, 6) is 0.692. The van der Waals surface area contributed by atoms with Gasteiger partial charge in [0.1, 0.15) is 0 Å². The van der Waals surface area contributed by atoms with Crippen molar-refractivity contribution in [3.8, 4) is 67.3 Å². The molecule has 3 heteroatoms. The summed E-state index contributed by atoms with van der Waals surface area (Å²) in [6.45, 7) is 0. The number of hydrogen-bond donors (Lipinski definition) is 0. The number of rotatable bonds is 6. The molecule has 242 valence electrons. The Morgan fingerprint density at radius 1 is 0.327 bits per heavy atom. The van der Waals surface area contributed by atoms with Crippen LogP contribution in [0.1, 0.15) is 0 Å². The van der Waals surface area contributed by atoms with Crippen LogP contribution >= 0.6 is 0 Å². The van der Waals surface area contributed by atoms with Crippen LogP contribution in [0.4, 0.5) is 0 Å². The number of benzene rings is 8. The fraction of sp³-hybridized carbons (Fsp3) is 0. The Labute approximate surface area is 301 Å². The van der Waals surface area contributed by atoms with Crippen molar-refractivity contribution in [3.63, 3.8) is 0 Å². The molecule has 0 aliphatic carbocycles. The van der Waals surface area contributed by atoms with Crippen LogP contribution in [0.15, 0.2) is 188 Å². The molecule has 3 nitrogen and oxygen atoms in total. The highest BCUT2D eigenvalue weighted by Gasteiger charge is 2.15. The van der Waals surface area contributed by atoms with E-state index in [-0.39, 0.29) is 0 Å². The number of pyridine rings is 1. The molecular formula is C49H31N3. The van der Waals surface area contributed by atoms with Crippen molar-refractivity contribution in [1.82, 2.24) is 15.0 Å². The minimum absolute atomic E-state index is 0.692. The van der Waals surface area contributed by atoms with E-state index in [0.717, 1.165) is 50.3 Å². The number of hydrogen-bond acceptors (Lipinski definition) is 3. The normalized spacial score (nSPS) is 11.5. The topological polar surface area (TPSA) is 38.7 Å². The van der Waals surface area contributed by atoms with Gasteiger partial charge in [-0.1, -0.05) is 158 Å². The third-order valence-electron chi connectivity index (χ3n) is 10.1. The average molecular weight is 662 g/mol. The summed E-state index contributed by atoms with van der Waals surface area (Å²) in [5, 5.41) is 7.76. The molecule has 0 fully saturated rings. The molecule has 10 aromatic rings. The SMILES string of the molecule is c1ccc(-c2cccc(-c3nc(-c4ccc(-c5cccnc5)cc4)cc(-c4ccc(-c5ccc6ccc7cccc8ccc5c6c78)cc4)n3)c2)cc1. The Hall–Kier alpha value is -6.97. The van der Waals surface area contributed by atoms with Crippen LogP contribution in [0.2, 0.25) is 0 Å². The molecule has 0 spiro atoms. The summed E-state index contributed by atoms with van der Waals surface area (Å²) < 4.78 is 0. The van der Waals surface area contributed by atoms with Gasteiger partial charge in [0.15, 0.2) is 5.82 Å². The lowest BCUT2D eigenvalue weighted by Gasteiger charge is -2.14. The monoisotopic (exact) mass is 661 g/mol. The van der Waals surface area contributed by atoms with Crippen LogP contribution in [-0.4, -0.2) is 15.0 Å². The van der Waals surface area contributed by atoms with Crippen LogP contribution in [0.5, 0.6) is 0 Å². The smallest absolute Gasteiger partial charge is 0.160 e. The van der Waals surface area contributed by atoms with Crippen LogP contribution in [0.25, 0.3) is 99.6 Å². The Balaban J connectivity index is 1.08. The fourth-order valence-electron chi connectivity index (χ4n) is 7.52. The minimum Gasteiger partial charge on any atom is -0.264 e. The fourth-order valence-corrected chi connectivity index (χ4v) is 7.52. The Morgan fingerprint density at radius 2 is 0.885 bits per heavy atom. The maximum Gasteiger partial charge on any atom is 0.160 e. The molecule has 0 amide bonds. The zero-order chi connectivity index (χ0) is 34.4. The molecule has 0 atom stereocenters. The highest BCUT2D eigenvalue weighted by molar-refractivity contribution is 6.25. The van der Waals surface area contributed by atoms with Gasteiger partial charge in [0.05, 0.1) is 11.4 Å². The van der Waals surface area contributed by atoms with E-state index in [2.05, 4.69) is 169 Å². The summed E-state index contributed by atoms with van der Waals surface area (Å²) in [5.41, 5.74) is 11.7. The second kappa shape index (κ2) is 12.4. The van der Waals surface area contributed by atoms with Gasteiger partial charge in [-0.15, -0.1) is 0 Å². The van der Waals surface area contributed by atoms with Gasteiger partial charge in [-0.05, 0) is 83.9 Å². The van der Waals surface area contributed by atoms with Gasteiger partial charge in [-0.25, -0.2) is 9.97 Å². The summed E-state index contributed by atoms with van der Waals surface area (Å²) >= 11 is 0. The van der Waals surface area contributed by atoms with E-state index in [4.69, 9.17) is 9.97 Å². The van der Waals surface area contributed by atoms with Crippen molar-refractivity contribution in [3.05, 3.63) is 188 Å². The molecule has 0 unspecified atom stereocenters. The molecule has 2 aromatic heterocycles. The molecule has 0 radical (unpaired) electrons. The van der Waals surface area contributed by atoms with Gasteiger partial charge in [-0.3, -0.25) is 4.98 Å². The lowest BCUT2D eigenvalue weighted by atomic mass is 9.89. The zero-order valence-electron chi connectivity index (χ0n) is 28.2. The van der Waals surface area contributed by atoms with Gasteiger partial charge in [-0.2, -0.15) is 0 Å². The van der Waals surface area contributed by atoms with Crippen LogP contribution < -0.4 is 0 Å². The molecule has 2 heterocycles. The molecule has 0 bridgehead atoms. The second-order valence-electron chi connectivity index (χ2n) is 13.3. The zero-order valence-corrected chi connectivity index (χ0v) is 28.2. The van der Waals surface area contributed by atoms with Crippen molar-refractivity contribution >= 4 is 32.3 Å². The van der Waals surface area contributed by atoms with Gasteiger partial charge >= 0.3 is 0 Å². The van der Waals surface area contributed by atoms with E-state index in [9.17, 15) is 0 Å². The average Bonchev–Trinajstić information content (AvgIpc) is 3.23. The summed E-state index contributed by atoms with van der Waals surface area (Å²) in [6, 6.07) is 62.5. The highest BCUT2D eigenvalue weighted by atomic mass is 14.9. The first-order valence-electron chi connectivity index (χ1n) is 17.6. The van der Waals surface area contributed by atoms with Crippen molar-refractivity contribution in [2.24, 2.45) is 0 Å². The summed E-state index contributed by atoms with van der Waals surface area (Å²) in [7, 11) is 0. The van der Waals surface area contributed by atoms with Crippen molar-refractivity contribution in [2.45, 2.75) is 0 Å². The van der Waals surface area contributed by atoms with Crippen LogP contribution in [-0.2, 0) is 0 Å². The first kappa shape index (κ1) is 29.9. The molecule has 0 saturated heterocycles. The molecule has 8 aromatic carbocycles. The third-order valence-corrected chi connectivity index (χ3v) is 10.1. The minimum atomic E-state index is 0.692. The van der Waals surface area contributed by atoms with E-state index in [1.807, 2.05) is 18.3 Å². The number of aromatic nitrogens is 3. The largest absolute Gasteiger partial charge is 0.264 e. The lowest BCUT2D eigenvalue weighted by Crippen LogP contribution is -1.96. The Morgan fingerprint density at radius 3 is 1.60 bits per heavy atom. The van der Waals surface area contributed by atoms with Gasteiger partial charge in [0.2, 0.25) is 0 Å². The lowest BCUT2D eigenvalue weighted by molar-refractivity contribution is 1.18. The highest BCUT2D eigenvalue weighted by Crippen LogP contribution is 2.40. The predicted molar refractivity (Wildman–Crippen MR) is 216 cm³/mol. The van der Waals surface area contributed by atoms with E-state index in [1.54, 1.807) is 6.20 Å². The first-order chi connectivity index (χ1) is 25.7. The van der Waals surface area contributed by atoms with E-state index >= 15 is 0 Å². The maximum atomic E-state index is 5.19. The quantitative estimate of drug-likeness (QED) is 0.166. The standard InChI is InChI=1S/C49H31N3/c1-2-7-32(8-3-1)40-11-5-12-41(29-40)49-51-45(35-18-14-33(15-19-35)42-13-6-28-50-31-42)30-46(52-49)36-20-16-34(17-21-36)43-26-24-39-23-22-37-9-4-10-38-25-27-44(43)48(39)47(37)38/h1-31H. The summed E-state index contributed by atoms with van der Waals surface area (Å²) in [4.78, 5) is 14.6. The first-order valence-corrected chi connectivity index (χ1v) is 17.6. The molecule has 52 heavy (non-hydrogen) atoms. The molecule has 0 aliphatic rings. The van der Waals surface area contributed by atoms with E-state index in [0.29, 0.717) is 5.82 Å². The molecule has 0 saturated carbocycles. The molecular weight excluding hydrogens is 631 g/mol. The number of nitrogens with zero attached hydrogens (tertiary/aromatic N) is 3. The molecule has 0 aliphatic heterocycles. The Bertz CT molecular complexity index is 2850. The van der Waals surface area contributed by atoms with Gasteiger partial charge in [0, 0.05) is 29.1 Å². The van der Waals surface area contributed by atoms with Gasteiger partial charge < -0.3 is 0 Å². The summed E-state index contributed by atoms with van der Waals surface area (Å²) in [6.07, 6.45) is 3.69. The predicted octanol–water partition coefficient (Wildman–Crippen LogP) is 12.8. The van der Waals surface area contributed by atoms with E-state index < -0.39 is 0 Å². The third kappa shape index (κ3) is 5.28. The van der Waals surface area contributed by atoms with Crippen LogP contribution in [0, 0.1) is 0 Å². The van der Waals surface area contributed by atoms with Crippen LogP contribution in [0.3, 0.4) is 0 Å². The van der Waals surface area contributed by atoms with Crippen molar-refractivity contribution in [2.75, 3.05) is 0 Å². The van der Waals surface area contributed by atoms with E-state index in [1.165, 1.54) is 43.4 Å². The van der Waals surface area contributed by atoms with Crippen molar-refractivity contribution < 1.29 is 0 Å². The van der Waals surface area contributed by atoms with Gasteiger partial charge in [0.25, 0.3) is 0 Å². The molecule has 0 N–H and O–H groups in total. The second-order valence-corrected chi connectivity index (χ2v) is 13.3. The maximum absolute atomic E-state index is 5.19. The van der Waals surface area contributed by atoms with Crippen molar-refractivity contribution in [1.29, 1.82) is 0 Å². The Kier molecular flexibility index (Phi) is 7.14. The molecule has 10 rings (SSSR count).